The third-order valence-electron chi connectivity index (χ3n) is 5.15. The number of ether oxygens (including phenoxy) is 1. The molecule has 2 aromatic carbocycles. The van der Waals surface area contributed by atoms with Gasteiger partial charge >= 0.3 is 5.97 Å². The summed E-state index contributed by atoms with van der Waals surface area (Å²) in [6.07, 6.45) is 1.27. The van der Waals surface area contributed by atoms with E-state index in [0.717, 1.165) is 12.8 Å². The Labute approximate surface area is 178 Å². The Morgan fingerprint density at radius 3 is 2.57 bits per heavy atom. The number of esters is 1. The normalized spacial score (nSPS) is 14.5. The standard InChI is InChI=1S/C23H21ClN2O4/c1-14(22(28)15-6-8-16(24)9-7-15)30-21(27)13-12-20-25-19-5-3-2-4-18(19)23(29)26(20)17-10-11-17/h2-9,14,17H,10-13H2,1H3. The van der Waals surface area contributed by atoms with Crippen LogP contribution in [0.3, 0.4) is 0 Å². The van der Waals surface area contributed by atoms with Crippen molar-refractivity contribution in [3.8, 4) is 0 Å². The third-order valence-corrected chi connectivity index (χ3v) is 5.40. The van der Waals surface area contributed by atoms with E-state index in [9.17, 15) is 14.4 Å². The van der Waals surface area contributed by atoms with Gasteiger partial charge in [0, 0.05) is 23.0 Å². The number of nitrogens with zero attached hydrogens (tertiary/aromatic N) is 2. The van der Waals surface area contributed by atoms with Crippen molar-refractivity contribution in [2.45, 2.75) is 44.8 Å². The fourth-order valence-corrected chi connectivity index (χ4v) is 3.58. The number of rotatable bonds is 7. The second kappa shape index (κ2) is 8.40. The predicted octanol–water partition coefficient (Wildman–Crippen LogP) is 4.13. The van der Waals surface area contributed by atoms with E-state index in [0.29, 0.717) is 27.3 Å². The topological polar surface area (TPSA) is 78.3 Å². The summed E-state index contributed by atoms with van der Waals surface area (Å²) in [7, 11) is 0. The van der Waals surface area contributed by atoms with Gasteiger partial charge in [0.25, 0.3) is 5.56 Å². The van der Waals surface area contributed by atoms with Gasteiger partial charge in [-0.3, -0.25) is 19.0 Å². The number of Topliss-reactive ketones (excluding diaryl/α,β-unsaturated/α-hetero) is 1. The number of benzene rings is 2. The molecule has 0 radical (unpaired) electrons. The maximum Gasteiger partial charge on any atom is 0.306 e. The third kappa shape index (κ3) is 4.28. The van der Waals surface area contributed by atoms with Gasteiger partial charge in [0.15, 0.2) is 6.10 Å². The molecule has 1 saturated carbocycles. The minimum Gasteiger partial charge on any atom is -0.454 e. The predicted molar refractivity (Wildman–Crippen MR) is 114 cm³/mol. The number of aryl methyl sites for hydroxylation is 1. The van der Waals surface area contributed by atoms with Crippen LogP contribution in [0.4, 0.5) is 0 Å². The lowest BCUT2D eigenvalue weighted by Gasteiger charge is -2.14. The summed E-state index contributed by atoms with van der Waals surface area (Å²) < 4.78 is 7.02. The zero-order chi connectivity index (χ0) is 21.3. The van der Waals surface area contributed by atoms with Crippen molar-refractivity contribution in [1.82, 2.24) is 9.55 Å². The van der Waals surface area contributed by atoms with Crippen molar-refractivity contribution < 1.29 is 14.3 Å². The van der Waals surface area contributed by atoms with Gasteiger partial charge in [0.05, 0.1) is 17.3 Å². The maximum atomic E-state index is 12.9. The fourth-order valence-electron chi connectivity index (χ4n) is 3.45. The molecule has 0 N–H and O–H groups in total. The monoisotopic (exact) mass is 424 g/mol. The molecule has 1 aromatic heterocycles. The number of para-hydroxylation sites is 1. The van der Waals surface area contributed by atoms with Gasteiger partial charge in [-0.2, -0.15) is 0 Å². The highest BCUT2D eigenvalue weighted by atomic mass is 35.5. The number of carbonyl (C=O) groups is 2. The van der Waals surface area contributed by atoms with E-state index in [4.69, 9.17) is 16.3 Å². The number of carbonyl (C=O) groups excluding carboxylic acids is 2. The van der Waals surface area contributed by atoms with E-state index >= 15 is 0 Å². The molecule has 154 valence electrons. The van der Waals surface area contributed by atoms with Gasteiger partial charge in [-0.15, -0.1) is 0 Å². The molecule has 1 unspecified atom stereocenters. The van der Waals surface area contributed by atoms with Crippen LogP contribution >= 0.6 is 11.6 Å². The molecule has 0 amide bonds. The Morgan fingerprint density at radius 1 is 1.17 bits per heavy atom. The van der Waals surface area contributed by atoms with E-state index in [2.05, 4.69) is 4.98 Å². The van der Waals surface area contributed by atoms with Gasteiger partial charge in [-0.05, 0) is 56.2 Å². The van der Waals surface area contributed by atoms with E-state index in [1.807, 2.05) is 12.1 Å². The van der Waals surface area contributed by atoms with Crippen LogP contribution in [-0.4, -0.2) is 27.4 Å². The Bertz CT molecular complexity index is 1170. The van der Waals surface area contributed by atoms with Crippen molar-refractivity contribution >= 4 is 34.3 Å². The Morgan fingerprint density at radius 2 is 1.87 bits per heavy atom. The summed E-state index contributed by atoms with van der Waals surface area (Å²) in [5.41, 5.74) is 0.977. The van der Waals surface area contributed by atoms with Crippen LogP contribution in [0.5, 0.6) is 0 Å². The molecule has 1 aliphatic rings. The first-order valence-corrected chi connectivity index (χ1v) is 10.3. The van der Waals surface area contributed by atoms with Crippen molar-refractivity contribution in [3.05, 3.63) is 75.3 Å². The summed E-state index contributed by atoms with van der Waals surface area (Å²) in [5.74, 6) is -0.219. The van der Waals surface area contributed by atoms with Crippen LogP contribution < -0.4 is 5.56 Å². The van der Waals surface area contributed by atoms with Crippen molar-refractivity contribution in [3.63, 3.8) is 0 Å². The van der Waals surface area contributed by atoms with Gasteiger partial charge < -0.3 is 4.74 Å². The first-order valence-electron chi connectivity index (χ1n) is 9.93. The molecule has 0 bridgehead atoms. The van der Waals surface area contributed by atoms with Crippen LogP contribution in [0.25, 0.3) is 10.9 Å². The number of halogens is 1. The quantitative estimate of drug-likeness (QED) is 0.421. The van der Waals surface area contributed by atoms with Gasteiger partial charge in [-0.1, -0.05) is 23.7 Å². The van der Waals surface area contributed by atoms with Crippen molar-refractivity contribution in [2.75, 3.05) is 0 Å². The summed E-state index contributed by atoms with van der Waals surface area (Å²) in [6.45, 7) is 1.54. The lowest BCUT2D eigenvalue weighted by atomic mass is 10.1. The van der Waals surface area contributed by atoms with E-state index in [1.54, 1.807) is 47.9 Å². The molecule has 1 heterocycles. The lowest BCUT2D eigenvalue weighted by Crippen LogP contribution is -2.27. The molecule has 0 spiro atoms. The molecule has 0 aliphatic heterocycles. The minimum atomic E-state index is -0.908. The Kier molecular flexibility index (Phi) is 5.68. The van der Waals surface area contributed by atoms with Gasteiger partial charge in [0.2, 0.25) is 5.78 Å². The second-order valence-electron chi connectivity index (χ2n) is 7.45. The Balaban J connectivity index is 1.45. The number of ketones is 1. The number of aromatic nitrogens is 2. The second-order valence-corrected chi connectivity index (χ2v) is 7.89. The number of hydrogen-bond donors (Lipinski definition) is 0. The molecule has 30 heavy (non-hydrogen) atoms. The number of hydrogen-bond acceptors (Lipinski definition) is 5. The smallest absolute Gasteiger partial charge is 0.306 e. The molecule has 1 aliphatic carbocycles. The molecular formula is C23H21ClN2O4. The zero-order valence-electron chi connectivity index (χ0n) is 16.5. The summed E-state index contributed by atoms with van der Waals surface area (Å²) in [4.78, 5) is 42.3. The van der Waals surface area contributed by atoms with Crippen LogP contribution in [0, 0.1) is 0 Å². The Hall–Kier alpha value is -2.99. The minimum absolute atomic E-state index is 0.0374. The zero-order valence-corrected chi connectivity index (χ0v) is 17.3. The molecule has 4 rings (SSSR count). The first-order chi connectivity index (χ1) is 14.4. The molecule has 7 heteroatoms. The van der Waals surface area contributed by atoms with Crippen LogP contribution in [0.15, 0.2) is 53.3 Å². The fraction of sp³-hybridized carbons (Fsp3) is 0.304. The molecule has 1 atom stereocenters. The molecule has 6 nitrogen and oxygen atoms in total. The average molecular weight is 425 g/mol. The van der Waals surface area contributed by atoms with Gasteiger partial charge in [0.1, 0.15) is 5.82 Å². The lowest BCUT2D eigenvalue weighted by molar-refractivity contribution is -0.146. The van der Waals surface area contributed by atoms with Crippen LogP contribution in [0.1, 0.15) is 48.4 Å². The molecular weight excluding hydrogens is 404 g/mol. The SMILES string of the molecule is CC(OC(=O)CCc1nc2ccccc2c(=O)n1C1CC1)C(=O)c1ccc(Cl)cc1. The van der Waals surface area contributed by atoms with Crippen molar-refractivity contribution in [1.29, 1.82) is 0 Å². The van der Waals surface area contributed by atoms with Crippen LogP contribution in [0.2, 0.25) is 5.02 Å². The van der Waals surface area contributed by atoms with E-state index in [1.165, 1.54) is 0 Å². The van der Waals surface area contributed by atoms with Crippen LogP contribution in [-0.2, 0) is 16.0 Å². The molecule has 1 fully saturated rings. The van der Waals surface area contributed by atoms with Crippen molar-refractivity contribution in [2.24, 2.45) is 0 Å². The largest absolute Gasteiger partial charge is 0.454 e. The highest BCUT2D eigenvalue weighted by Gasteiger charge is 2.28. The van der Waals surface area contributed by atoms with Gasteiger partial charge in [-0.25, -0.2) is 4.98 Å². The summed E-state index contributed by atoms with van der Waals surface area (Å²) in [5, 5.41) is 1.11. The summed E-state index contributed by atoms with van der Waals surface area (Å²) in [6, 6.07) is 13.8. The average Bonchev–Trinajstić information content (AvgIpc) is 3.57. The van der Waals surface area contributed by atoms with E-state index < -0.39 is 12.1 Å². The maximum absolute atomic E-state index is 12.9. The first kappa shape index (κ1) is 20.3. The number of fused-ring (bicyclic) bond motifs is 1. The molecule has 3 aromatic rings. The highest BCUT2D eigenvalue weighted by Crippen LogP contribution is 2.35. The molecule has 0 saturated heterocycles. The van der Waals surface area contributed by atoms with E-state index in [-0.39, 0.29) is 30.2 Å². The highest BCUT2D eigenvalue weighted by molar-refractivity contribution is 6.30. The summed E-state index contributed by atoms with van der Waals surface area (Å²) >= 11 is 5.84.